The Morgan fingerprint density at radius 2 is 2.17 bits per heavy atom. The Hall–Kier alpha value is -1.55. The van der Waals surface area contributed by atoms with E-state index in [4.69, 9.17) is 10.5 Å². The van der Waals surface area contributed by atoms with Crippen LogP contribution in [0.4, 0.5) is 0 Å². The van der Waals surface area contributed by atoms with Crippen LogP contribution in [0.1, 0.15) is 36.5 Å². The van der Waals surface area contributed by atoms with Gasteiger partial charge in [0.2, 0.25) is 0 Å². The van der Waals surface area contributed by atoms with Gasteiger partial charge in [0, 0.05) is 12.6 Å². The van der Waals surface area contributed by atoms with E-state index in [1.54, 1.807) is 19.2 Å². The third kappa shape index (κ3) is 4.04. The van der Waals surface area contributed by atoms with Gasteiger partial charge in [-0.3, -0.25) is 4.79 Å². The van der Waals surface area contributed by atoms with Gasteiger partial charge < -0.3 is 15.8 Å². The number of amides is 1. The number of hydrogen-bond donors (Lipinski definition) is 2. The van der Waals surface area contributed by atoms with Crippen LogP contribution in [0.3, 0.4) is 0 Å². The highest BCUT2D eigenvalue weighted by molar-refractivity contribution is 5.97. The summed E-state index contributed by atoms with van der Waals surface area (Å²) in [6.45, 7) is 2.58. The van der Waals surface area contributed by atoms with Crippen LogP contribution in [0.15, 0.2) is 24.3 Å². The van der Waals surface area contributed by atoms with Gasteiger partial charge in [-0.15, -0.1) is 0 Å². The average Bonchev–Trinajstić information content (AvgIpc) is 2.43. The molecule has 1 atom stereocenters. The van der Waals surface area contributed by atoms with E-state index in [0.717, 1.165) is 19.3 Å². The van der Waals surface area contributed by atoms with Crippen LogP contribution < -0.4 is 15.8 Å². The molecule has 4 nitrogen and oxygen atoms in total. The molecule has 0 radical (unpaired) electrons. The van der Waals surface area contributed by atoms with Gasteiger partial charge in [0.1, 0.15) is 5.75 Å². The molecule has 3 N–H and O–H groups in total. The van der Waals surface area contributed by atoms with Crippen molar-refractivity contribution in [1.29, 1.82) is 0 Å². The van der Waals surface area contributed by atoms with Crippen LogP contribution in [0.25, 0.3) is 0 Å². The van der Waals surface area contributed by atoms with E-state index in [1.807, 2.05) is 12.1 Å². The molecule has 1 rings (SSSR count). The van der Waals surface area contributed by atoms with E-state index in [-0.39, 0.29) is 11.9 Å². The molecule has 4 heteroatoms. The number of carbonyl (C=O) groups is 1. The number of carbonyl (C=O) groups excluding carboxylic acids is 1. The number of unbranched alkanes of at least 4 members (excludes halogenated alkanes) is 1. The molecule has 1 amide bonds. The van der Waals surface area contributed by atoms with Crippen molar-refractivity contribution in [3.63, 3.8) is 0 Å². The summed E-state index contributed by atoms with van der Waals surface area (Å²) in [5.41, 5.74) is 6.22. The summed E-state index contributed by atoms with van der Waals surface area (Å²) in [6.07, 6.45) is 3.07. The number of rotatable bonds is 7. The maximum absolute atomic E-state index is 12.1. The van der Waals surface area contributed by atoms with Gasteiger partial charge >= 0.3 is 0 Å². The minimum absolute atomic E-state index is 0.0300. The Kier molecular flexibility index (Phi) is 6.22. The first-order chi connectivity index (χ1) is 8.72. The van der Waals surface area contributed by atoms with E-state index >= 15 is 0 Å². The number of nitrogens with two attached hydrogens (primary N) is 1. The lowest BCUT2D eigenvalue weighted by molar-refractivity contribution is 0.0932. The summed E-state index contributed by atoms with van der Waals surface area (Å²) in [4.78, 5) is 12.1. The van der Waals surface area contributed by atoms with Gasteiger partial charge in [-0.2, -0.15) is 0 Å². The maximum Gasteiger partial charge on any atom is 0.255 e. The number of para-hydroxylation sites is 1. The number of hydrogen-bond acceptors (Lipinski definition) is 3. The lowest BCUT2D eigenvalue weighted by atomic mass is 10.1. The molecule has 0 saturated carbocycles. The summed E-state index contributed by atoms with van der Waals surface area (Å²) in [6, 6.07) is 7.22. The minimum Gasteiger partial charge on any atom is -0.496 e. The van der Waals surface area contributed by atoms with Crippen LogP contribution in [-0.2, 0) is 0 Å². The molecule has 0 aromatic heterocycles. The fraction of sp³-hybridized carbons (Fsp3) is 0.500. The summed E-state index contributed by atoms with van der Waals surface area (Å²) in [5.74, 6) is 0.459. The quantitative estimate of drug-likeness (QED) is 0.777. The van der Waals surface area contributed by atoms with Crippen molar-refractivity contribution in [2.75, 3.05) is 13.7 Å². The van der Waals surface area contributed by atoms with E-state index in [1.165, 1.54) is 0 Å². The largest absolute Gasteiger partial charge is 0.496 e. The molecule has 1 aromatic carbocycles. The van der Waals surface area contributed by atoms with E-state index in [2.05, 4.69) is 12.2 Å². The molecule has 0 heterocycles. The summed E-state index contributed by atoms with van der Waals surface area (Å²) < 4.78 is 5.17. The smallest absolute Gasteiger partial charge is 0.255 e. The molecule has 1 aromatic rings. The van der Waals surface area contributed by atoms with Crippen LogP contribution in [0.2, 0.25) is 0 Å². The Bertz CT molecular complexity index is 380. The lowest BCUT2D eigenvalue weighted by Gasteiger charge is -2.17. The van der Waals surface area contributed by atoms with E-state index in [0.29, 0.717) is 17.9 Å². The second-order valence-corrected chi connectivity index (χ2v) is 4.25. The van der Waals surface area contributed by atoms with Crippen LogP contribution in [-0.4, -0.2) is 25.6 Å². The second kappa shape index (κ2) is 7.71. The molecule has 0 spiro atoms. The Morgan fingerprint density at radius 1 is 1.44 bits per heavy atom. The monoisotopic (exact) mass is 250 g/mol. The minimum atomic E-state index is -0.126. The first-order valence-electron chi connectivity index (χ1n) is 6.36. The highest BCUT2D eigenvalue weighted by atomic mass is 16.5. The van der Waals surface area contributed by atoms with Crippen molar-refractivity contribution in [2.45, 2.75) is 32.2 Å². The highest BCUT2D eigenvalue weighted by Crippen LogP contribution is 2.17. The predicted octanol–water partition coefficient (Wildman–Crippen LogP) is 1.94. The fourth-order valence-corrected chi connectivity index (χ4v) is 1.79. The first kappa shape index (κ1) is 14.5. The van der Waals surface area contributed by atoms with Gasteiger partial charge in [-0.05, 0) is 18.6 Å². The number of benzene rings is 1. The molecule has 0 saturated heterocycles. The SMILES string of the molecule is CCCCC(CN)NC(=O)c1ccccc1OC. The molecule has 0 aliphatic heterocycles. The van der Waals surface area contributed by atoms with Crippen LogP contribution >= 0.6 is 0 Å². The molecule has 0 aliphatic rings. The zero-order valence-corrected chi connectivity index (χ0v) is 11.1. The van der Waals surface area contributed by atoms with Crippen LogP contribution in [0.5, 0.6) is 5.75 Å². The Labute approximate surface area is 109 Å². The van der Waals surface area contributed by atoms with Crippen molar-refractivity contribution in [1.82, 2.24) is 5.32 Å². The number of ether oxygens (including phenoxy) is 1. The predicted molar refractivity (Wildman–Crippen MR) is 72.8 cm³/mol. The van der Waals surface area contributed by atoms with Crippen LogP contribution in [0, 0.1) is 0 Å². The summed E-state index contributed by atoms with van der Waals surface area (Å²) in [7, 11) is 1.56. The molecule has 0 bridgehead atoms. The highest BCUT2D eigenvalue weighted by Gasteiger charge is 2.15. The van der Waals surface area contributed by atoms with Crippen molar-refractivity contribution in [2.24, 2.45) is 5.73 Å². The summed E-state index contributed by atoms with van der Waals surface area (Å²) in [5, 5.41) is 2.95. The van der Waals surface area contributed by atoms with Gasteiger partial charge in [-0.1, -0.05) is 31.9 Å². The van der Waals surface area contributed by atoms with Crippen molar-refractivity contribution in [3.05, 3.63) is 29.8 Å². The van der Waals surface area contributed by atoms with Gasteiger partial charge in [-0.25, -0.2) is 0 Å². The van der Waals surface area contributed by atoms with E-state index in [9.17, 15) is 4.79 Å². The third-order valence-corrected chi connectivity index (χ3v) is 2.88. The molecule has 0 fully saturated rings. The first-order valence-corrected chi connectivity index (χ1v) is 6.36. The Balaban J connectivity index is 2.68. The molecule has 100 valence electrons. The van der Waals surface area contributed by atoms with Crippen molar-refractivity contribution < 1.29 is 9.53 Å². The molecular formula is C14H22N2O2. The average molecular weight is 250 g/mol. The van der Waals surface area contributed by atoms with Crippen molar-refractivity contribution >= 4 is 5.91 Å². The molecular weight excluding hydrogens is 228 g/mol. The second-order valence-electron chi connectivity index (χ2n) is 4.25. The van der Waals surface area contributed by atoms with Crippen molar-refractivity contribution in [3.8, 4) is 5.75 Å². The van der Waals surface area contributed by atoms with Gasteiger partial charge in [0.05, 0.1) is 12.7 Å². The summed E-state index contributed by atoms with van der Waals surface area (Å²) >= 11 is 0. The molecule has 1 unspecified atom stereocenters. The molecule has 18 heavy (non-hydrogen) atoms. The normalized spacial score (nSPS) is 11.9. The lowest BCUT2D eigenvalue weighted by Crippen LogP contribution is -2.40. The van der Waals surface area contributed by atoms with E-state index < -0.39 is 0 Å². The van der Waals surface area contributed by atoms with Gasteiger partial charge in [0.15, 0.2) is 0 Å². The molecule has 0 aliphatic carbocycles. The zero-order valence-electron chi connectivity index (χ0n) is 11.1. The fourth-order valence-electron chi connectivity index (χ4n) is 1.79. The standard InChI is InChI=1S/C14H22N2O2/c1-3-4-7-11(10-15)16-14(17)12-8-5-6-9-13(12)18-2/h5-6,8-9,11H,3-4,7,10,15H2,1-2H3,(H,16,17). The topological polar surface area (TPSA) is 64.3 Å². The number of nitrogens with one attached hydrogen (secondary N) is 1. The number of methoxy groups -OCH3 is 1. The Morgan fingerprint density at radius 3 is 2.78 bits per heavy atom. The zero-order chi connectivity index (χ0) is 13.4. The maximum atomic E-state index is 12.1. The van der Waals surface area contributed by atoms with Gasteiger partial charge in [0.25, 0.3) is 5.91 Å². The third-order valence-electron chi connectivity index (χ3n) is 2.88.